The SMILES string of the molecule is CCc1cccc2c(CCNC(=O)N3CCC(C)(C(=O)O)C3)c[nH]c12. The number of aliphatic carboxylic acids is 1. The second-order valence-electron chi connectivity index (χ2n) is 7.03. The van der Waals surface area contributed by atoms with Gasteiger partial charge in [-0.25, -0.2) is 4.79 Å². The summed E-state index contributed by atoms with van der Waals surface area (Å²) < 4.78 is 0. The second-order valence-corrected chi connectivity index (χ2v) is 7.03. The molecule has 1 saturated heterocycles. The third-order valence-electron chi connectivity index (χ3n) is 5.22. The molecule has 25 heavy (non-hydrogen) atoms. The Morgan fingerprint density at radius 3 is 2.84 bits per heavy atom. The van der Waals surface area contributed by atoms with Gasteiger partial charge in [-0.05, 0) is 37.3 Å². The number of nitrogens with zero attached hydrogens (tertiary/aromatic N) is 1. The van der Waals surface area contributed by atoms with E-state index in [1.165, 1.54) is 22.0 Å². The maximum absolute atomic E-state index is 12.3. The Balaban J connectivity index is 1.57. The molecule has 1 aromatic carbocycles. The van der Waals surface area contributed by atoms with E-state index in [1.54, 1.807) is 11.8 Å². The highest BCUT2D eigenvalue weighted by atomic mass is 16.4. The summed E-state index contributed by atoms with van der Waals surface area (Å²) in [4.78, 5) is 28.5. The van der Waals surface area contributed by atoms with E-state index in [-0.39, 0.29) is 12.6 Å². The molecule has 6 nitrogen and oxygen atoms in total. The van der Waals surface area contributed by atoms with Gasteiger partial charge >= 0.3 is 12.0 Å². The lowest BCUT2D eigenvalue weighted by Gasteiger charge is -2.20. The molecule has 6 heteroatoms. The third kappa shape index (κ3) is 3.34. The van der Waals surface area contributed by atoms with Crippen molar-refractivity contribution in [2.24, 2.45) is 5.41 Å². The van der Waals surface area contributed by atoms with E-state index in [9.17, 15) is 14.7 Å². The molecule has 3 rings (SSSR count). The van der Waals surface area contributed by atoms with E-state index in [0.717, 1.165) is 12.8 Å². The Hall–Kier alpha value is -2.50. The Labute approximate surface area is 147 Å². The standard InChI is InChI=1S/C19H25N3O3/c1-3-13-5-4-6-15-14(11-21-16(13)15)7-9-20-18(25)22-10-8-19(2,12-22)17(23)24/h4-6,11,21H,3,7-10,12H2,1-2H3,(H,20,25)(H,23,24). The molecule has 3 N–H and O–H groups in total. The minimum Gasteiger partial charge on any atom is -0.481 e. The zero-order chi connectivity index (χ0) is 18.0. The highest BCUT2D eigenvalue weighted by Crippen LogP contribution is 2.30. The molecule has 0 saturated carbocycles. The molecule has 134 valence electrons. The van der Waals surface area contributed by atoms with E-state index < -0.39 is 11.4 Å². The molecule has 1 aliphatic rings. The van der Waals surface area contributed by atoms with Crippen molar-refractivity contribution in [1.29, 1.82) is 0 Å². The number of nitrogens with one attached hydrogen (secondary N) is 2. The Morgan fingerprint density at radius 1 is 1.36 bits per heavy atom. The van der Waals surface area contributed by atoms with Crippen molar-refractivity contribution in [3.05, 3.63) is 35.5 Å². The number of urea groups is 1. The third-order valence-corrected chi connectivity index (χ3v) is 5.22. The topological polar surface area (TPSA) is 85.4 Å². The second kappa shape index (κ2) is 6.78. The first-order valence-electron chi connectivity index (χ1n) is 8.78. The molecule has 0 radical (unpaired) electrons. The lowest BCUT2D eigenvalue weighted by atomic mass is 9.90. The number of carbonyl (C=O) groups is 2. The van der Waals surface area contributed by atoms with E-state index in [0.29, 0.717) is 19.5 Å². The fourth-order valence-electron chi connectivity index (χ4n) is 3.50. The van der Waals surface area contributed by atoms with Gasteiger partial charge in [0, 0.05) is 36.7 Å². The molecule has 1 unspecified atom stereocenters. The number of aromatic nitrogens is 1. The van der Waals surface area contributed by atoms with Gasteiger partial charge in [-0.3, -0.25) is 4.79 Å². The zero-order valence-corrected chi connectivity index (χ0v) is 14.8. The normalized spacial score (nSPS) is 20.2. The summed E-state index contributed by atoms with van der Waals surface area (Å²) in [7, 11) is 0. The predicted molar refractivity (Wildman–Crippen MR) is 96.7 cm³/mol. The minimum atomic E-state index is -0.840. The molecule has 2 heterocycles. The minimum absolute atomic E-state index is 0.181. The molecule has 1 aliphatic heterocycles. The van der Waals surface area contributed by atoms with Crippen molar-refractivity contribution in [2.75, 3.05) is 19.6 Å². The van der Waals surface area contributed by atoms with Gasteiger partial charge in [0.1, 0.15) is 0 Å². The van der Waals surface area contributed by atoms with E-state index in [4.69, 9.17) is 0 Å². The summed E-state index contributed by atoms with van der Waals surface area (Å²) in [6.45, 7) is 5.11. The van der Waals surface area contributed by atoms with Crippen molar-refractivity contribution >= 4 is 22.9 Å². The van der Waals surface area contributed by atoms with Crippen LogP contribution >= 0.6 is 0 Å². The lowest BCUT2D eigenvalue weighted by molar-refractivity contribution is -0.146. The Bertz CT molecular complexity index is 798. The summed E-state index contributed by atoms with van der Waals surface area (Å²) in [6.07, 6.45) is 4.22. The molecule has 0 bridgehead atoms. The summed E-state index contributed by atoms with van der Waals surface area (Å²) in [5.74, 6) is -0.840. The summed E-state index contributed by atoms with van der Waals surface area (Å²) in [5, 5.41) is 13.4. The molecular weight excluding hydrogens is 318 g/mol. The number of carbonyl (C=O) groups excluding carboxylic acids is 1. The highest BCUT2D eigenvalue weighted by Gasteiger charge is 2.42. The number of para-hydroxylation sites is 1. The van der Waals surface area contributed by atoms with Gasteiger partial charge in [-0.2, -0.15) is 0 Å². The largest absolute Gasteiger partial charge is 0.481 e. The maximum atomic E-state index is 12.3. The molecule has 2 amide bonds. The average molecular weight is 343 g/mol. The van der Waals surface area contributed by atoms with Crippen LogP contribution < -0.4 is 5.32 Å². The van der Waals surface area contributed by atoms with Gasteiger partial charge in [-0.15, -0.1) is 0 Å². The van der Waals surface area contributed by atoms with Gasteiger partial charge in [0.25, 0.3) is 0 Å². The monoisotopic (exact) mass is 343 g/mol. The summed E-state index contributed by atoms with van der Waals surface area (Å²) >= 11 is 0. The number of likely N-dealkylation sites (tertiary alicyclic amines) is 1. The number of hydrogen-bond donors (Lipinski definition) is 3. The molecular formula is C19H25N3O3. The summed E-state index contributed by atoms with van der Waals surface area (Å²) in [5.41, 5.74) is 2.81. The number of hydrogen-bond acceptors (Lipinski definition) is 2. The van der Waals surface area contributed by atoms with Gasteiger partial charge < -0.3 is 20.3 Å². The predicted octanol–water partition coefficient (Wildman–Crippen LogP) is 2.78. The number of rotatable bonds is 5. The van der Waals surface area contributed by atoms with Gasteiger partial charge in [0.15, 0.2) is 0 Å². The van der Waals surface area contributed by atoms with Crippen LogP contribution in [0.15, 0.2) is 24.4 Å². The maximum Gasteiger partial charge on any atom is 0.317 e. The Morgan fingerprint density at radius 2 is 2.16 bits per heavy atom. The van der Waals surface area contributed by atoms with Crippen molar-refractivity contribution in [3.8, 4) is 0 Å². The fourth-order valence-corrected chi connectivity index (χ4v) is 3.50. The smallest absolute Gasteiger partial charge is 0.317 e. The van der Waals surface area contributed by atoms with Gasteiger partial charge in [0.05, 0.1) is 5.41 Å². The lowest BCUT2D eigenvalue weighted by Crippen LogP contribution is -2.41. The van der Waals surface area contributed by atoms with Crippen molar-refractivity contribution in [3.63, 3.8) is 0 Å². The number of aryl methyl sites for hydroxylation is 1. The van der Waals surface area contributed by atoms with Crippen LogP contribution in [0, 0.1) is 5.41 Å². The van der Waals surface area contributed by atoms with Gasteiger partial charge in [0.2, 0.25) is 0 Å². The molecule has 0 aliphatic carbocycles. The van der Waals surface area contributed by atoms with Crippen LogP contribution in [0.1, 0.15) is 31.4 Å². The van der Waals surface area contributed by atoms with Gasteiger partial charge in [-0.1, -0.05) is 25.1 Å². The number of amides is 2. The van der Waals surface area contributed by atoms with Crippen molar-refractivity contribution in [2.45, 2.75) is 33.1 Å². The van der Waals surface area contributed by atoms with Crippen molar-refractivity contribution in [1.82, 2.24) is 15.2 Å². The van der Waals surface area contributed by atoms with Crippen LogP contribution in [-0.2, 0) is 17.6 Å². The van der Waals surface area contributed by atoms with Crippen LogP contribution in [0.4, 0.5) is 4.79 Å². The number of benzene rings is 1. The zero-order valence-electron chi connectivity index (χ0n) is 14.8. The fraction of sp³-hybridized carbons (Fsp3) is 0.474. The first kappa shape index (κ1) is 17.3. The van der Waals surface area contributed by atoms with Crippen molar-refractivity contribution < 1.29 is 14.7 Å². The van der Waals surface area contributed by atoms with E-state index in [1.807, 2.05) is 6.20 Å². The Kier molecular flexibility index (Phi) is 4.70. The van der Waals surface area contributed by atoms with Crippen LogP contribution in [0.5, 0.6) is 0 Å². The van der Waals surface area contributed by atoms with Crippen LogP contribution in [-0.4, -0.2) is 46.6 Å². The van der Waals surface area contributed by atoms with E-state index >= 15 is 0 Å². The number of carboxylic acids is 1. The molecule has 1 fully saturated rings. The molecule has 1 aromatic heterocycles. The first-order valence-corrected chi connectivity index (χ1v) is 8.78. The average Bonchev–Trinajstić information content (AvgIpc) is 3.19. The number of carboxylic acid groups (broad SMARTS) is 1. The molecule has 2 aromatic rings. The van der Waals surface area contributed by atoms with E-state index in [2.05, 4.69) is 35.4 Å². The number of fused-ring (bicyclic) bond motifs is 1. The number of H-pyrrole nitrogens is 1. The quantitative estimate of drug-likeness (QED) is 0.780. The first-order chi connectivity index (χ1) is 11.9. The number of aromatic amines is 1. The molecule has 0 spiro atoms. The van der Waals surface area contributed by atoms with Crippen LogP contribution in [0.2, 0.25) is 0 Å². The molecule has 1 atom stereocenters. The highest BCUT2D eigenvalue weighted by molar-refractivity contribution is 5.86. The summed E-state index contributed by atoms with van der Waals surface area (Å²) in [6, 6.07) is 6.10. The van der Waals surface area contributed by atoms with Crippen LogP contribution in [0.25, 0.3) is 10.9 Å². The van der Waals surface area contributed by atoms with Crippen LogP contribution in [0.3, 0.4) is 0 Å².